The molecule has 1 spiro atoms. The van der Waals surface area contributed by atoms with Gasteiger partial charge in [-0.3, -0.25) is 0 Å². The fraction of sp³-hybridized carbons (Fsp3) is 0.392. The summed E-state index contributed by atoms with van der Waals surface area (Å²) < 4.78 is 2.17. The molecule has 5 aromatic rings. The summed E-state index contributed by atoms with van der Waals surface area (Å²) in [5, 5.41) is 0. The SMILES string of the molecule is CC(C)c1cccc(C(C)C)c1N1C(CCl)C2(CC(C)(C)c3ccccc32)CC1(C)C.[Cl][Ru]=[CH]c1ccccc1CN(Cc1ccccc1)Cc1ccccc1. The third-order valence-electron chi connectivity index (χ3n) is 12.1. The van der Waals surface area contributed by atoms with Gasteiger partial charge in [-0.25, -0.2) is 0 Å². The summed E-state index contributed by atoms with van der Waals surface area (Å²) in [4.78, 5) is 5.24. The fourth-order valence-corrected chi connectivity index (χ4v) is 11.6. The van der Waals surface area contributed by atoms with Gasteiger partial charge in [-0.2, -0.15) is 0 Å². The standard InChI is InChI=1S/C29H40ClN.C22H21N.ClH.Ru/c1-19(2)21-12-11-13-22(20(3)4)26(21)31-25(16-30)29(18-28(31,7)8)17-27(5,6)23-14-9-10-15-24(23)29;1-19-10-8-9-15-22(19)18-23(16-20-11-4-2-5-12-20)17-21-13-6-3-7-14-21;;/h9-15,19-20,25H,16-18H2,1-8H3;1-15H,16-18H2;1H;/q;;;+1/p-1. The van der Waals surface area contributed by atoms with Gasteiger partial charge in [0.2, 0.25) is 0 Å². The summed E-state index contributed by atoms with van der Waals surface area (Å²) in [5.74, 6) is 1.60. The third kappa shape index (κ3) is 9.13. The molecule has 1 fully saturated rings. The number of rotatable bonds is 11. The number of nitrogens with zero attached hydrogens (tertiary/aromatic N) is 2. The molecule has 1 saturated heterocycles. The molecule has 7 rings (SSSR count). The van der Waals surface area contributed by atoms with Crippen molar-refractivity contribution in [1.82, 2.24) is 4.90 Å². The summed E-state index contributed by atoms with van der Waals surface area (Å²) >= 11 is 6.71. The van der Waals surface area contributed by atoms with Gasteiger partial charge in [0.25, 0.3) is 0 Å². The van der Waals surface area contributed by atoms with Gasteiger partial charge in [0.1, 0.15) is 0 Å². The maximum atomic E-state index is 6.93. The molecule has 5 heteroatoms. The van der Waals surface area contributed by atoms with E-state index < -0.39 is 0 Å². The second kappa shape index (κ2) is 18.2. The zero-order valence-electron chi connectivity index (χ0n) is 34.7. The van der Waals surface area contributed by atoms with Crippen molar-refractivity contribution >= 4 is 31.6 Å². The van der Waals surface area contributed by atoms with Gasteiger partial charge in [-0.05, 0) is 66.2 Å². The molecule has 0 bridgehead atoms. The second-order valence-corrected chi connectivity index (χ2v) is 20.0. The fourth-order valence-electron chi connectivity index (χ4n) is 9.96. The van der Waals surface area contributed by atoms with E-state index >= 15 is 0 Å². The Labute approximate surface area is 354 Å². The maximum absolute atomic E-state index is 6.93. The van der Waals surface area contributed by atoms with Crippen LogP contribution < -0.4 is 4.90 Å². The Bertz CT molecular complexity index is 2010. The topological polar surface area (TPSA) is 6.48 Å². The molecule has 297 valence electrons. The minimum atomic E-state index is -0.216. The molecule has 0 aromatic heterocycles. The van der Waals surface area contributed by atoms with Crippen molar-refractivity contribution in [2.24, 2.45) is 0 Å². The number of anilines is 1. The van der Waals surface area contributed by atoms with Gasteiger partial charge < -0.3 is 4.90 Å². The van der Waals surface area contributed by atoms with E-state index in [0.29, 0.717) is 17.7 Å². The molecule has 5 aromatic carbocycles. The molecular weight excluding hydrogens is 813 g/mol. The van der Waals surface area contributed by atoms with Crippen molar-refractivity contribution in [1.29, 1.82) is 0 Å². The van der Waals surface area contributed by atoms with Crippen LogP contribution in [0.3, 0.4) is 0 Å². The summed E-state index contributed by atoms with van der Waals surface area (Å²) in [7, 11) is 6.02. The molecule has 2 unspecified atom stereocenters. The normalized spacial score (nSPS) is 19.7. The number of halogens is 2. The van der Waals surface area contributed by atoms with Gasteiger partial charge in [0.15, 0.2) is 0 Å². The first-order chi connectivity index (χ1) is 26.8. The van der Waals surface area contributed by atoms with Crippen LogP contribution >= 0.6 is 21.3 Å². The van der Waals surface area contributed by atoms with Gasteiger partial charge in [0, 0.05) is 22.5 Å². The van der Waals surface area contributed by atoms with Gasteiger partial charge in [-0.15, -0.1) is 11.6 Å². The summed E-state index contributed by atoms with van der Waals surface area (Å²) in [6, 6.07) is 46.3. The Kier molecular flexibility index (Phi) is 13.9. The van der Waals surface area contributed by atoms with E-state index in [1.807, 2.05) is 0 Å². The molecule has 56 heavy (non-hydrogen) atoms. The van der Waals surface area contributed by atoms with Crippen molar-refractivity contribution in [3.8, 4) is 0 Å². The molecule has 1 heterocycles. The van der Waals surface area contributed by atoms with Crippen LogP contribution in [-0.2, 0) is 46.1 Å². The Hall–Kier alpha value is -3.07. The predicted octanol–water partition coefficient (Wildman–Crippen LogP) is 13.4. The number of para-hydroxylation sites is 1. The number of fused-ring (bicyclic) bond motifs is 2. The molecule has 2 nitrogen and oxygen atoms in total. The van der Waals surface area contributed by atoms with Crippen molar-refractivity contribution in [3.63, 3.8) is 0 Å². The van der Waals surface area contributed by atoms with Crippen molar-refractivity contribution in [2.45, 2.75) is 122 Å². The molecule has 1 aliphatic heterocycles. The molecule has 1 aliphatic carbocycles. The molecular formula is C51H61Cl2N2Ru. The molecule has 2 atom stereocenters. The quantitative estimate of drug-likeness (QED) is 0.0964. The monoisotopic (exact) mass is 873 g/mol. The van der Waals surface area contributed by atoms with Gasteiger partial charge in [-0.1, -0.05) is 84.0 Å². The van der Waals surface area contributed by atoms with Crippen LogP contribution in [0.2, 0.25) is 0 Å². The third-order valence-corrected chi connectivity index (χ3v) is 13.6. The second-order valence-electron chi connectivity index (χ2n) is 17.9. The molecule has 0 radical (unpaired) electrons. The van der Waals surface area contributed by atoms with E-state index in [0.717, 1.165) is 32.5 Å². The summed E-state index contributed by atoms with van der Waals surface area (Å²) in [6.07, 6.45) is 2.30. The zero-order valence-corrected chi connectivity index (χ0v) is 37.9. The molecule has 2 aliphatic rings. The Morgan fingerprint density at radius 3 is 1.71 bits per heavy atom. The van der Waals surface area contributed by atoms with Crippen LogP contribution in [0.5, 0.6) is 0 Å². The number of alkyl halides is 1. The number of hydrogen-bond acceptors (Lipinski definition) is 2. The Balaban J connectivity index is 0.000000194. The predicted molar refractivity (Wildman–Crippen MR) is 239 cm³/mol. The summed E-state index contributed by atoms with van der Waals surface area (Å²) in [6.45, 7) is 21.8. The molecule has 0 saturated carbocycles. The van der Waals surface area contributed by atoms with Gasteiger partial charge >= 0.3 is 162 Å². The first kappa shape index (κ1) is 42.5. The number of benzene rings is 5. The first-order valence-corrected chi connectivity index (χ1v) is 24.1. The van der Waals surface area contributed by atoms with Crippen LogP contribution in [-0.4, -0.2) is 27.0 Å². The van der Waals surface area contributed by atoms with E-state index in [4.69, 9.17) is 21.3 Å². The van der Waals surface area contributed by atoms with Crippen LogP contribution in [0.25, 0.3) is 0 Å². The average molecular weight is 874 g/mol. The van der Waals surface area contributed by atoms with Gasteiger partial charge in [0.05, 0.1) is 6.04 Å². The van der Waals surface area contributed by atoms with Crippen LogP contribution in [0.1, 0.15) is 125 Å². The van der Waals surface area contributed by atoms with E-state index in [-0.39, 0.29) is 38.1 Å². The average Bonchev–Trinajstić information content (AvgIpc) is 3.55. The Morgan fingerprint density at radius 2 is 1.18 bits per heavy atom. The number of hydrogen-bond donors (Lipinski definition) is 0. The Morgan fingerprint density at radius 1 is 0.661 bits per heavy atom. The van der Waals surface area contributed by atoms with E-state index in [2.05, 4.69) is 197 Å². The van der Waals surface area contributed by atoms with Crippen LogP contribution in [0, 0.1) is 0 Å². The summed E-state index contributed by atoms with van der Waals surface area (Å²) in [5.41, 5.74) is 13.0. The molecule has 0 amide bonds. The van der Waals surface area contributed by atoms with Crippen molar-refractivity contribution in [2.75, 3.05) is 10.8 Å². The molecule has 0 N–H and O–H groups in total. The van der Waals surface area contributed by atoms with Crippen LogP contribution in [0.4, 0.5) is 5.69 Å². The van der Waals surface area contributed by atoms with Crippen molar-refractivity contribution < 1.29 is 15.7 Å². The van der Waals surface area contributed by atoms with E-state index in [1.54, 1.807) is 0 Å². The van der Waals surface area contributed by atoms with E-state index in [9.17, 15) is 0 Å². The van der Waals surface area contributed by atoms with E-state index in [1.165, 1.54) is 50.2 Å². The first-order valence-electron chi connectivity index (χ1n) is 20.3. The zero-order chi connectivity index (χ0) is 40.1. The minimum absolute atomic E-state index is 0.0295. The van der Waals surface area contributed by atoms with Crippen LogP contribution in [0.15, 0.2) is 127 Å². The van der Waals surface area contributed by atoms with Crippen molar-refractivity contribution in [3.05, 3.63) is 172 Å².